The van der Waals surface area contributed by atoms with Crippen molar-refractivity contribution < 1.29 is 14.3 Å². The van der Waals surface area contributed by atoms with Gasteiger partial charge in [-0.3, -0.25) is 10.1 Å². The molecule has 0 spiro atoms. The summed E-state index contributed by atoms with van der Waals surface area (Å²) in [6.45, 7) is 7.10. The Bertz CT molecular complexity index is 913. The van der Waals surface area contributed by atoms with Crippen LogP contribution in [-0.2, 0) is 11.3 Å². The minimum Gasteiger partial charge on any atom is -0.497 e. The fraction of sp³-hybridized carbons (Fsp3) is 0.565. The van der Waals surface area contributed by atoms with Gasteiger partial charge in [-0.05, 0) is 48.9 Å². The van der Waals surface area contributed by atoms with Crippen LogP contribution in [0.2, 0.25) is 0 Å². The van der Waals surface area contributed by atoms with Crippen molar-refractivity contribution in [3.63, 3.8) is 0 Å². The first-order valence-electron chi connectivity index (χ1n) is 11.2. The molecule has 1 aromatic carbocycles. The van der Waals surface area contributed by atoms with Crippen molar-refractivity contribution in [2.45, 2.75) is 64.2 Å². The molecule has 1 aliphatic carbocycles. The minimum absolute atomic E-state index is 0.0898. The number of urea groups is 1. The summed E-state index contributed by atoms with van der Waals surface area (Å²) in [7, 11) is 1.63. The van der Waals surface area contributed by atoms with E-state index in [1.54, 1.807) is 7.11 Å². The molecule has 0 saturated heterocycles. The quantitative estimate of drug-likeness (QED) is 0.577. The first kappa shape index (κ1) is 24.1. The van der Waals surface area contributed by atoms with E-state index < -0.39 is 6.03 Å². The molecule has 3 amide bonds. The maximum absolute atomic E-state index is 12.4. The van der Waals surface area contributed by atoms with Gasteiger partial charge in [0.2, 0.25) is 5.91 Å². The summed E-state index contributed by atoms with van der Waals surface area (Å²) < 4.78 is 7.25. The van der Waals surface area contributed by atoms with Crippen molar-refractivity contribution in [2.24, 2.45) is 11.8 Å². The van der Waals surface area contributed by atoms with Gasteiger partial charge in [-0.15, -0.1) is 10.2 Å². The molecule has 1 heterocycles. The van der Waals surface area contributed by atoms with Crippen molar-refractivity contribution in [1.82, 2.24) is 25.4 Å². The number of ether oxygens (including phenoxy) is 1. The largest absolute Gasteiger partial charge is 0.497 e. The van der Waals surface area contributed by atoms with Gasteiger partial charge in [0.1, 0.15) is 5.75 Å². The highest BCUT2D eigenvalue weighted by Crippen LogP contribution is 2.27. The Balaban J connectivity index is 1.61. The fourth-order valence-corrected chi connectivity index (χ4v) is 4.65. The molecular formula is C23H33N5O3S. The zero-order chi connectivity index (χ0) is 23.1. The molecule has 2 N–H and O–H groups in total. The van der Waals surface area contributed by atoms with E-state index in [4.69, 9.17) is 4.74 Å². The van der Waals surface area contributed by atoms with E-state index in [2.05, 4.69) is 41.6 Å². The second-order valence-corrected chi connectivity index (χ2v) is 9.66. The molecule has 0 radical (unpaired) electrons. The summed E-state index contributed by atoms with van der Waals surface area (Å²) in [6, 6.07) is 7.36. The van der Waals surface area contributed by atoms with Gasteiger partial charge in [0.25, 0.3) is 0 Å². The number of amides is 3. The third kappa shape index (κ3) is 6.48. The van der Waals surface area contributed by atoms with E-state index >= 15 is 0 Å². The van der Waals surface area contributed by atoms with Crippen LogP contribution in [0.3, 0.4) is 0 Å². The number of rotatable bonds is 8. The Morgan fingerprint density at radius 2 is 1.91 bits per heavy atom. The second kappa shape index (κ2) is 11.4. The zero-order valence-electron chi connectivity index (χ0n) is 19.3. The number of thioether (sulfide) groups is 1. The molecule has 1 fully saturated rings. The summed E-state index contributed by atoms with van der Waals surface area (Å²) in [5, 5.41) is 14.7. The highest BCUT2D eigenvalue weighted by Gasteiger charge is 2.23. The number of imide groups is 1. The van der Waals surface area contributed by atoms with Gasteiger partial charge in [0, 0.05) is 18.2 Å². The van der Waals surface area contributed by atoms with Crippen LogP contribution in [0.5, 0.6) is 5.75 Å². The van der Waals surface area contributed by atoms with E-state index in [1.807, 2.05) is 28.8 Å². The number of hydrogen-bond acceptors (Lipinski definition) is 6. The first-order chi connectivity index (χ1) is 15.4. The number of carbonyl (C=O) groups excluding carboxylic acids is 2. The molecule has 2 atom stereocenters. The van der Waals surface area contributed by atoms with Crippen LogP contribution < -0.4 is 15.4 Å². The molecular weight excluding hydrogens is 426 g/mol. The topological polar surface area (TPSA) is 98.1 Å². The molecule has 3 rings (SSSR count). The normalized spacial score (nSPS) is 18.4. The maximum Gasteiger partial charge on any atom is 0.321 e. The van der Waals surface area contributed by atoms with E-state index in [-0.39, 0.29) is 17.7 Å². The molecule has 0 aliphatic heterocycles. The Morgan fingerprint density at radius 1 is 1.19 bits per heavy atom. The SMILES string of the molecule is COc1ccc(-c2nnc(SCC(=O)NC(=O)N[C@H]3CCCC[C@H]3C)n2CC(C)C)cc1. The average Bonchev–Trinajstić information content (AvgIpc) is 3.15. The fourth-order valence-electron chi connectivity index (χ4n) is 3.91. The molecule has 0 bridgehead atoms. The number of nitrogens with zero attached hydrogens (tertiary/aromatic N) is 3. The van der Waals surface area contributed by atoms with Gasteiger partial charge >= 0.3 is 6.03 Å². The lowest BCUT2D eigenvalue weighted by Crippen LogP contribution is -2.48. The van der Waals surface area contributed by atoms with Gasteiger partial charge in [-0.1, -0.05) is 45.4 Å². The van der Waals surface area contributed by atoms with Crippen LogP contribution in [0.25, 0.3) is 11.4 Å². The Kier molecular flexibility index (Phi) is 8.55. The zero-order valence-corrected chi connectivity index (χ0v) is 20.1. The molecule has 174 valence electrons. The molecule has 8 nitrogen and oxygen atoms in total. The summed E-state index contributed by atoms with van der Waals surface area (Å²) in [5.41, 5.74) is 0.927. The molecule has 2 aromatic rings. The van der Waals surface area contributed by atoms with Crippen LogP contribution in [0.4, 0.5) is 4.79 Å². The summed E-state index contributed by atoms with van der Waals surface area (Å²) in [5.74, 6) is 2.07. The van der Waals surface area contributed by atoms with Crippen LogP contribution >= 0.6 is 11.8 Å². The van der Waals surface area contributed by atoms with Crippen molar-refractivity contribution in [2.75, 3.05) is 12.9 Å². The summed E-state index contributed by atoms with van der Waals surface area (Å²) >= 11 is 1.28. The lowest BCUT2D eigenvalue weighted by molar-refractivity contribution is -0.117. The van der Waals surface area contributed by atoms with Crippen molar-refractivity contribution in [3.05, 3.63) is 24.3 Å². The maximum atomic E-state index is 12.4. The van der Waals surface area contributed by atoms with E-state index in [0.29, 0.717) is 17.0 Å². The van der Waals surface area contributed by atoms with Crippen molar-refractivity contribution in [3.8, 4) is 17.1 Å². The van der Waals surface area contributed by atoms with Gasteiger partial charge < -0.3 is 14.6 Å². The van der Waals surface area contributed by atoms with E-state index in [9.17, 15) is 9.59 Å². The van der Waals surface area contributed by atoms with Gasteiger partial charge in [-0.25, -0.2) is 4.79 Å². The molecule has 32 heavy (non-hydrogen) atoms. The summed E-state index contributed by atoms with van der Waals surface area (Å²) in [4.78, 5) is 24.6. The van der Waals surface area contributed by atoms with Gasteiger partial charge in [0.05, 0.1) is 12.9 Å². The number of benzene rings is 1. The highest BCUT2D eigenvalue weighted by atomic mass is 32.2. The third-order valence-corrected chi connectivity index (χ3v) is 6.59. The number of hydrogen-bond donors (Lipinski definition) is 2. The Hall–Kier alpha value is -2.55. The van der Waals surface area contributed by atoms with Crippen LogP contribution in [0, 0.1) is 11.8 Å². The third-order valence-electron chi connectivity index (χ3n) is 5.63. The van der Waals surface area contributed by atoms with Crippen molar-refractivity contribution >= 4 is 23.7 Å². The molecule has 0 unspecified atom stereocenters. The Morgan fingerprint density at radius 3 is 2.56 bits per heavy atom. The average molecular weight is 460 g/mol. The number of nitrogens with one attached hydrogen (secondary N) is 2. The smallest absolute Gasteiger partial charge is 0.321 e. The van der Waals surface area contributed by atoms with Gasteiger partial charge in [0.15, 0.2) is 11.0 Å². The number of methoxy groups -OCH3 is 1. The monoisotopic (exact) mass is 459 g/mol. The molecule has 1 saturated carbocycles. The van der Waals surface area contributed by atoms with Gasteiger partial charge in [-0.2, -0.15) is 0 Å². The molecule has 1 aromatic heterocycles. The Labute approximate surface area is 193 Å². The second-order valence-electron chi connectivity index (χ2n) is 8.72. The number of aromatic nitrogens is 3. The van der Waals surface area contributed by atoms with E-state index in [1.165, 1.54) is 18.2 Å². The number of carbonyl (C=O) groups is 2. The highest BCUT2D eigenvalue weighted by molar-refractivity contribution is 7.99. The predicted molar refractivity (Wildman–Crippen MR) is 126 cm³/mol. The van der Waals surface area contributed by atoms with E-state index in [0.717, 1.165) is 42.9 Å². The first-order valence-corrected chi connectivity index (χ1v) is 12.2. The van der Waals surface area contributed by atoms with Crippen LogP contribution in [0.1, 0.15) is 46.5 Å². The van der Waals surface area contributed by atoms with Crippen LogP contribution in [0.15, 0.2) is 29.4 Å². The summed E-state index contributed by atoms with van der Waals surface area (Å²) in [6.07, 6.45) is 4.38. The lowest BCUT2D eigenvalue weighted by atomic mass is 9.86. The molecule has 1 aliphatic rings. The lowest BCUT2D eigenvalue weighted by Gasteiger charge is -2.29. The predicted octanol–water partition coefficient (Wildman–Crippen LogP) is 4.11. The van der Waals surface area contributed by atoms with Crippen molar-refractivity contribution in [1.29, 1.82) is 0 Å². The molecule has 9 heteroatoms. The standard InChI is InChI=1S/C23H33N5O3S/c1-15(2)13-28-21(17-9-11-18(31-4)12-10-17)26-27-23(28)32-14-20(29)25-22(30)24-19-8-6-5-7-16(19)3/h9-12,15-16,19H,5-8,13-14H2,1-4H3,(H2,24,25,29,30)/t16-,19+/m1/s1. The van der Waals surface area contributed by atoms with Crippen LogP contribution in [-0.4, -0.2) is 45.6 Å². The minimum atomic E-state index is -0.420.